The molecule has 4 rings (SSSR count). The number of nitrogens with zero attached hydrogens (tertiary/aromatic N) is 2. The average Bonchev–Trinajstić information content (AvgIpc) is 3.24. The van der Waals surface area contributed by atoms with Crippen LogP contribution in [0, 0.1) is 0 Å². The maximum Gasteiger partial charge on any atom is 0.251 e. The number of morpholine rings is 1. The maximum absolute atomic E-state index is 12.9. The van der Waals surface area contributed by atoms with Gasteiger partial charge in [-0.25, -0.2) is 0 Å². The molecule has 186 valence electrons. The molecule has 9 heteroatoms. The number of aliphatic hydroxyl groups excluding tert-OH is 2. The Morgan fingerprint density at radius 3 is 2.56 bits per heavy atom. The molecule has 3 heterocycles. The van der Waals surface area contributed by atoms with E-state index in [1.807, 2.05) is 6.07 Å². The van der Waals surface area contributed by atoms with Gasteiger partial charge in [0.25, 0.3) is 5.91 Å². The van der Waals surface area contributed by atoms with Gasteiger partial charge in [0, 0.05) is 31.7 Å². The van der Waals surface area contributed by atoms with Crippen molar-refractivity contribution in [1.29, 1.82) is 0 Å². The van der Waals surface area contributed by atoms with Crippen molar-refractivity contribution >= 4 is 5.91 Å². The van der Waals surface area contributed by atoms with Gasteiger partial charge >= 0.3 is 0 Å². The Hall–Kier alpha value is -2.43. The Morgan fingerprint density at radius 1 is 1.06 bits per heavy atom. The molecule has 0 bridgehead atoms. The zero-order valence-electron chi connectivity index (χ0n) is 19.5. The zero-order valence-corrected chi connectivity index (χ0v) is 19.5. The van der Waals surface area contributed by atoms with E-state index in [4.69, 9.17) is 13.9 Å². The highest BCUT2D eigenvalue weighted by atomic mass is 16.5. The summed E-state index contributed by atoms with van der Waals surface area (Å²) in [5.74, 6) is 1.80. The molecule has 1 aromatic carbocycles. The summed E-state index contributed by atoms with van der Waals surface area (Å²) in [6.07, 6.45) is 0.844. The monoisotopic (exact) mass is 473 g/mol. The first-order chi connectivity index (χ1) is 16.6. The summed E-state index contributed by atoms with van der Waals surface area (Å²) >= 11 is 0. The van der Waals surface area contributed by atoms with Gasteiger partial charge in [-0.15, -0.1) is 0 Å². The number of carbonyl (C=O) groups excluding carboxylic acids is 1. The Balaban J connectivity index is 1.27. The van der Waals surface area contributed by atoms with Gasteiger partial charge in [0.05, 0.1) is 31.9 Å². The molecule has 2 fully saturated rings. The van der Waals surface area contributed by atoms with Crippen molar-refractivity contribution in [2.45, 2.75) is 38.1 Å². The summed E-state index contributed by atoms with van der Waals surface area (Å²) in [6.45, 7) is 6.59. The zero-order chi connectivity index (χ0) is 23.8. The summed E-state index contributed by atoms with van der Waals surface area (Å²) in [5, 5.41) is 22.8. The molecule has 2 atom stereocenters. The molecule has 0 saturated carbocycles. The summed E-state index contributed by atoms with van der Waals surface area (Å²) in [7, 11) is 0. The van der Waals surface area contributed by atoms with Crippen LogP contribution >= 0.6 is 0 Å². The Kier molecular flexibility index (Phi) is 8.95. The first-order valence-electron chi connectivity index (χ1n) is 12.0. The second-order valence-corrected chi connectivity index (χ2v) is 8.88. The van der Waals surface area contributed by atoms with Crippen LogP contribution in [0.5, 0.6) is 5.75 Å². The first-order valence-corrected chi connectivity index (χ1v) is 12.0. The fourth-order valence-corrected chi connectivity index (χ4v) is 4.39. The van der Waals surface area contributed by atoms with Crippen molar-refractivity contribution in [1.82, 2.24) is 15.1 Å². The molecule has 0 spiro atoms. The number of benzene rings is 1. The van der Waals surface area contributed by atoms with E-state index in [9.17, 15) is 15.0 Å². The van der Waals surface area contributed by atoms with Gasteiger partial charge in [0.1, 0.15) is 30.5 Å². The first kappa shape index (κ1) is 24.7. The number of hydrogen-bond acceptors (Lipinski definition) is 8. The van der Waals surface area contributed by atoms with Crippen molar-refractivity contribution in [3.8, 4) is 5.75 Å². The van der Waals surface area contributed by atoms with Crippen molar-refractivity contribution in [2.24, 2.45) is 0 Å². The lowest BCUT2D eigenvalue weighted by atomic mass is 10.1. The minimum Gasteiger partial charge on any atom is -0.492 e. The quantitative estimate of drug-likeness (QED) is 0.499. The second-order valence-electron chi connectivity index (χ2n) is 8.88. The molecule has 2 aromatic rings. The van der Waals surface area contributed by atoms with Gasteiger partial charge in [0.15, 0.2) is 0 Å². The minimum absolute atomic E-state index is 0.130. The molecule has 0 radical (unpaired) electrons. The largest absolute Gasteiger partial charge is 0.492 e. The number of likely N-dealkylation sites (tertiary alicyclic amines) is 1. The van der Waals surface area contributed by atoms with E-state index in [1.54, 1.807) is 30.3 Å². The van der Waals surface area contributed by atoms with Gasteiger partial charge in [-0.1, -0.05) is 0 Å². The highest BCUT2D eigenvalue weighted by molar-refractivity contribution is 5.94. The molecule has 9 nitrogen and oxygen atoms in total. The van der Waals surface area contributed by atoms with Gasteiger partial charge < -0.3 is 29.4 Å². The molecule has 0 aliphatic carbocycles. The standard InChI is InChI=1S/C25H35N3O6/c29-18-22-8-7-21(34-22)16-28-9-1-2-24(30)23(17-28)26-25(31)19-3-5-20(6-4-19)33-15-12-27-10-13-32-14-11-27/h3-8,23-24,29-30H,1-2,9-18H2,(H,26,31). The van der Waals surface area contributed by atoms with Crippen LogP contribution in [-0.2, 0) is 17.9 Å². The van der Waals surface area contributed by atoms with Crippen LogP contribution in [0.4, 0.5) is 0 Å². The van der Waals surface area contributed by atoms with Crippen molar-refractivity contribution in [3.05, 3.63) is 53.5 Å². The molecule has 2 aliphatic heterocycles. The van der Waals surface area contributed by atoms with E-state index in [-0.39, 0.29) is 18.6 Å². The summed E-state index contributed by atoms with van der Waals surface area (Å²) in [6, 6.07) is 10.3. The van der Waals surface area contributed by atoms with Crippen LogP contribution in [0.15, 0.2) is 40.8 Å². The van der Waals surface area contributed by atoms with Crippen molar-refractivity contribution < 1.29 is 28.9 Å². The fraction of sp³-hybridized carbons (Fsp3) is 0.560. The van der Waals surface area contributed by atoms with E-state index in [2.05, 4.69) is 15.1 Å². The van der Waals surface area contributed by atoms with Crippen molar-refractivity contribution in [2.75, 3.05) is 52.5 Å². The Morgan fingerprint density at radius 2 is 1.82 bits per heavy atom. The summed E-state index contributed by atoms with van der Waals surface area (Å²) in [4.78, 5) is 17.3. The van der Waals surface area contributed by atoms with E-state index in [0.29, 0.717) is 37.4 Å². The SMILES string of the molecule is O=C(NC1CN(Cc2ccc(CO)o2)CCCC1O)c1ccc(OCCN2CCOCC2)cc1. The molecular formula is C25H35N3O6. The van der Waals surface area contributed by atoms with Crippen LogP contribution in [0.3, 0.4) is 0 Å². The topological polar surface area (TPSA) is 108 Å². The van der Waals surface area contributed by atoms with Crippen LogP contribution < -0.4 is 10.1 Å². The fourth-order valence-electron chi connectivity index (χ4n) is 4.39. The highest BCUT2D eigenvalue weighted by Crippen LogP contribution is 2.18. The minimum atomic E-state index is -0.610. The number of furan rings is 1. The van der Waals surface area contributed by atoms with Gasteiger partial charge in [-0.2, -0.15) is 0 Å². The predicted octanol–water partition coefficient (Wildman–Crippen LogP) is 1.24. The summed E-state index contributed by atoms with van der Waals surface area (Å²) < 4.78 is 16.8. The lowest BCUT2D eigenvalue weighted by molar-refractivity contribution is 0.0322. The lowest BCUT2D eigenvalue weighted by Gasteiger charge is -2.26. The van der Waals surface area contributed by atoms with Crippen molar-refractivity contribution in [3.63, 3.8) is 0 Å². The van der Waals surface area contributed by atoms with Gasteiger partial charge in [-0.3, -0.25) is 14.6 Å². The third kappa shape index (κ3) is 7.04. The van der Waals surface area contributed by atoms with Crippen LogP contribution in [-0.4, -0.2) is 90.6 Å². The molecule has 2 aliphatic rings. The second kappa shape index (κ2) is 12.3. The highest BCUT2D eigenvalue weighted by Gasteiger charge is 2.28. The van der Waals surface area contributed by atoms with E-state index >= 15 is 0 Å². The Labute approximate surface area is 200 Å². The number of aliphatic hydroxyl groups is 2. The molecule has 2 unspecified atom stereocenters. The third-order valence-electron chi connectivity index (χ3n) is 6.36. The number of carbonyl (C=O) groups is 1. The van der Waals surface area contributed by atoms with E-state index < -0.39 is 6.10 Å². The molecule has 2 saturated heterocycles. The summed E-state index contributed by atoms with van der Waals surface area (Å²) in [5.41, 5.74) is 0.530. The van der Waals surface area contributed by atoms with Gasteiger partial charge in [-0.05, 0) is 55.8 Å². The smallest absolute Gasteiger partial charge is 0.251 e. The van der Waals surface area contributed by atoms with Crippen LogP contribution in [0.1, 0.15) is 34.7 Å². The number of ether oxygens (including phenoxy) is 2. The average molecular weight is 474 g/mol. The van der Waals surface area contributed by atoms with Gasteiger partial charge in [0.2, 0.25) is 0 Å². The molecule has 3 N–H and O–H groups in total. The molecule has 1 aromatic heterocycles. The normalized spacial score (nSPS) is 22.3. The maximum atomic E-state index is 12.9. The lowest BCUT2D eigenvalue weighted by Crippen LogP contribution is -2.48. The molecular weight excluding hydrogens is 438 g/mol. The molecule has 1 amide bonds. The van der Waals surface area contributed by atoms with E-state index in [1.165, 1.54) is 0 Å². The molecule has 34 heavy (non-hydrogen) atoms. The predicted molar refractivity (Wildman–Crippen MR) is 126 cm³/mol. The number of nitrogens with one attached hydrogen (secondary N) is 1. The Bertz CT molecular complexity index is 896. The van der Waals surface area contributed by atoms with Crippen LogP contribution in [0.25, 0.3) is 0 Å². The van der Waals surface area contributed by atoms with Crippen LogP contribution in [0.2, 0.25) is 0 Å². The number of hydrogen-bond donors (Lipinski definition) is 3. The van der Waals surface area contributed by atoms with E-state index in [0.717, 1.165) is 57.3 Å². The third-order valence-corrected chi connectivity index (χ3v) is 6.36. The number of amides is 1. The number of rotatable bonds is 9.